The smallest absolute Gasteiger partial charge is 0.421 e. The van der Waals surface area contributed by atoms with Crippen molar-refractivity contribution in [3.05, 3.63) is 52.3 Å². The summed E-state index contributed by atoms with van der Waals surface area (Å²) in [5.74, 6) is -0.819. The molecule has 1 unspecified atom stereocenters. The van der Waals surface area contributed by atoms with Crippen molar-refractivity contribution >= 4 is 5.91 Å². The third kappa shape index (κ3) is 5.33. The zero-order valence-electron chi connectivity index (χ0n) is 15.9. The molecule has 1 fully saturated rings. The van der Waals surface area contributed by atoms with E-state index in [-0.39, 0.29) is 30.5 Å². The van der Waals surface area contributed by atoms with Crippen LogP contribution in [0.5, 0.6) is 5.88 Å². The van der Waals surface area contributed by atoms with Crippen molar-refractivity contribution in [3.63, 3.8) is 0 Å². The average Bonchev–Trinajstić information content (AvgIpc) is 2.68. The van der Waals surface area contributed by atoms with Gasteiger partial charge in [0.05, 0.1) is 12.9 Å². The Morgan fingerprint density at radius 3 is 2.86 bits per heavy atom. The maximum atomic E-state index is 13.0. The molecule has 3 rings (SSSR count). The molecule has 156 valence electrons. The Morgan fingerprint density at radius 2 is 2.14 bits per heavy atom. The SMILES string of the molecule is Cc1cc(=O)n(CC(=O)N2CCCC(COc3ncccc3C(F)(F)F)C2)cn1. The van der Waals surface area contributed by atoms with Gasteiger partial charge in [0, 0.05) is 37.0 Å². The van der Waals surface area contributed by atoms with Gasteiger partial charge in [-0.15, -0.1) is 0 Å². The maximum absolute atomic E-state index is 13.0. The number of nitrogens with zero attached hydrogens (tertiary/aromatic N) is 4. The van der Waals surface area contributed by atoms with Gasteiger partial charge < -0.3 is 9.64 Å². The number of hydrogen-bond donors (Lipinski definition) is 0. The van der Waals surface area contributed by atoms with Gasteiger partial charge in [0.2, 0.25) is 11.8 Å². The summed E-state index contributed by atoms with van der Waals surface area (Å²) >= 11 is 0. The van der Waals surface area contributed by atoms with Crippen LogP contribution in [0.25, 0.3) is 0 Å². The lowest BCUT2D eigenvalue weighted by Gasteiger charge is -2.32. The first-order valence-corrected chi connectivity index (χ1v) is 9.20. The molecule has 0 radical (unpaired) electrons. The average molecular weight is 410 g/mol. The summed E-state index contributed by atoms with van der Waals surface area (Å²) in [6, 6.07) is 3.48. The Hall–Kier alpha value is -2.91. The molecule has 1 amide bonds. The maximum Gasteiger partial charge on any atom is 0.421 e. The van der Waals surface area contributed by atoms with Gasteiger partial charge in [0.15, 0.2) is 0 Å². The van der Waals surface area contributed by atoms with Crippen LogP contribution in [-0.4, -0.2) is 45.0 Å². The minimum atomic E-state index is -4.55. The number of aryl methyl sites for hydroxylation is 1. The molecule has 1 atom stereocenters. The molecule has 3 heterocycles. The van der Waals surface area contributed by atoms with Crippen molar-refractivity contribution in [3.8, 4) is 5.88 Å². The van der Waals surface area contributed by atoms with E-state index < -0.39 is 17.6 Å². The van der Waals surface area contributed by atoms with Gasteiger partial charge >= 0.3 is 6.18 Å². The number of amides is 1. The number of halogens is 3. The van der Waals surface area contributed by atoms with E-state index in [1.54, 1.807) is 11.8 Å². The Morgan fingerprint density at radius 1 is 1.34 bits per heavy atom. The van der Waals surface area contributed by atoms with Gasteiger partial charge in [-0.3, -0.25) is 14.2 Å². The summed E-state index contributed by atoms with van der Waals surface area (Å²) < 4.78 is 45.7. The van der Waals surface area contributed by atoms with Gasteiger partial charge in [-0.05, 0) is 31.9 Å². The van der Waals surface area contributed by atoms with Crippen LogP contribution in [0.1, 0.15) is 24.1 Å². The summed E-state index contributed by atoms with van der Waals surface area (Å²) in [4.78, 5) is 33.8. The van der Waals surface area contributed by atoms with E-state index in [9.17, 15) is 22.8 Å². The molecule has 10 heteroatoms. The quantitative estimate of drug-likeness (QED) is 0.756. The fourth-order valence-corrected chi connectivity index (χ4v) is 3.23. The Bertz CT molecular complexity index is 929. The number of carbonyl (C=O) groups excluding carboxylic acids is 1. The van der Waals surface area contributed by atoms with Crippen molar-refractivity contribution in [1.82, 2.24) is 19.4 Å². The minimum absolute atomic E-state index is 0.0237. The third-order valence-electron chi connectivity index (χ3n) is 4.73. The number of aromatic nitrogens is 3. The van der Waals surface area contributed by atoms with Gasteiger partial charge in [-0.1, -0.05) is 0 Å². The lowest BCUT2D eigenvalue weighted by molar-refractivity contribution is -0.139. The summed E-state index contributed by atoms with van der Waals surface area (Å²) in [5, 5.41) is 0. The summed E-state index contributed by atoms with van der Waals surface area (Å²) in [5.41, 5.74) is -0.658. The van der Waals surface area contributed by atoms with E-state index >= 15 is 0 Å². The molecule has 29 heavy (non-hydrogen) atoms. The van der Waals surface area contributed by atoms with Crippen LogP contribution in [0.15, 0.2) is 35.5 Å². The summed E-state index contributed by atoms with van der Waals surface area (Å²) in [7, 11) is 0. The molecule has 1 aliphatic rings. The highest BCUT2D eigenvalue weighted by Gasteiger charge is 2.35. The van der Waals surface area contributed by atoms with Gasteiger partial charge in [0.25, 0.3) is 5.56 Å². The van der Waals surface area contributed by atoms with Crippen molar-refractivity contribution < 1.29 is 22.7 Å². The Kier molecular flexibility index (Phi) is 6.19. The monoisotopic (exact) mass is 410 g/mol. The lowest BCUT2D eigenvalue weighted by atomic mass is 9.99. The third-order valence-corrected chi connectivity index (χ3v) is 4.73. The zero-order chi connectivity index (χ0) is 21.0. The second kappa shape index (κ2) is 8.62. The number of hydrogen-bond acceptors (Lipinski definition) is 5. The summed E-state index contributed by atoms with van der Waals surface area (Å²) in [6.07, 6.45) is -0.541. The van der Waals surface area contributed by atoms with Crippen LogP contribution in [0.2, 0.25) is 0 Å². The predicted molar refractivity (Wildman–Crippen MR) is 97.3 cm³/mol. The van der Waals surface area contributed by atoms with Gasteiger partial charge in [-0.2, -0.15) is 13.2 Å². The lowest BCUT2D eigenvalue weighted by Crippen LogP contribution is -2.44. The molecule has 2 aromatic rings. The normalized spacial score (nSPS) is 17.2. The minimum Gasteiger partial charge on any atom is -0.477 e. The number of pyridine rings is 1. The second-order valence-corrected chi connectivity index (χ2v) is 7.01. The molecule has 0 aromatic carbocycles. The number of alkyl halides is 3. The van der Waals surface area contributed by atoms with Crippen molar-refractivity contribution in [2.75, 3.05) is 19.7 Å². The number of ether oxygens (including phenoxy) is 1. The Labute approximate surface area is 165 Å². The van der Waals surface area contributed by atoms with Crippen molar-refractivity contribution in [1.29, 1.82) is 0 Å². The number of carbonyl (C=O) groups is 1. The fourth-order valence-electron chi connectivity index (χ4n) is 3.23. The van der Waals surface area contributed by atoms with E-state index in [0.29, 0.717) is 25.2 Å². The fraction of sp³-hybridized carbons (Fsp3) is 0.474. The molecule has 0 aliphatic carbocycles. The molecule has 1 saturated heterocycles. The first kappa shape index (κ1) is 20.8. The molecule has 0 spiro atoms. The van der Waals surface area contributed by atoms with E-state index in [4.69, 9.17) is 4.74 Å². The molecule has 2 aromatic heterocycles. The number of rotatable bonds is 5. The van der Waals surface area contributed by atoms with Crippen molar-refractivity contribution in [2.45, 2.75) is 32.5 Å². The topological polar surface area (TPSA) is 77.3 Å². The zero-order valence-corrected chi connectivity index (χ0v) is 15.9. The van der Waals surface area contributed by atoms with Crippen LogP contribution in [0.3, 0.4) is 0 Å². The van der Waals surface area contributed by atoms with Crippen LogP contribution in [-0.2, 0) is 17.5 Å². The predicted octanol–water partition coefficient (Wildman–Crippen LogP) is 2.28. The van der Waals surface area contributed by atoms with E-state index in [0.717, 1.165) is 12.5 Å². The first-order valence-electron chi connectivity index (χ1n) is 9.20. The highest BCUT2D eigenvalue weighted by Crippen LogP contribution is 2.34. The Balaban J connectivity index is 1.60. The highest BCUT2D eigenvalue weighted by atomic mass is 19.4. The molecule has 0 bridgehead atoms. The molecular weight excluding hydrogens is 389 g/mol. The van der Waals surface area contributed by atoms with Crippen LogP contribution in [0, 0.1) is 12.8 Å². The molecule has 7 nitrogen and oxygen atoms in total. The number of likely N-dealkylation sites (tertiary alicyclic amines) is 1. The molecule has 0 N–H and O–H groups in total. The van der Waals surface area contributed by atoms with Crippen LogP contribution >= 0.6 is 0 Å². The van der Waals surface area contributed by atoms with Crippen LogP contribution in [0.4, 0.5) is 13.2 Å². The largest absolute Gasteiger partial charge is 0.477 e. The van der Waals surface area contributed by atoms with Crippen LogP contribution < -0.4 is 10.3 Å². The second-order valence-electron chi connectivity index (χ2n) is 7.01. The summed E-state index contributed by atoms with van der Waals surface area (Å²) in [6.45, 7) is 2.46. The van der Waals surface area contributed by atoms with E-state index in [1.165, 1.54) is 29.2 Å². The number of piperidine rings is 1. The molecular formula is C19H21F3N4O3. The first-order chi connectivity index (χ1) is 13.7. The van der Waals surface area contributed by atoms with E-state index in [2.05, 4.69) is 9.97 Å². The van der Waals surface area contributed by atoms with Crippen molar-refractivity contribution in [2.24, 2.45) is 5.92 Å². The highest BCUT2D eigenvalue weighted by molar-refractivity contribution is 5.76. The standard InChI is InChI=1S/C19H21F3N4O3/c1-13-8-16(27)26(12-24-13)10-17(28)25-7-3-4-14(9-25)11-29-18-15(19(20,21)22)5-2-6-23-18/h2,5-6,8,12,14H,3-4,7,9-11H2,1H3. The van der Waals surface area contributed by atoms with Gasteiger partial charge in [-0.25, -0.2) is 9.97 Å². The molecule has 1 aliphatic heterocycles. The van der Waals surface area contributed by atoms with Gasteiger partial charge in [0.1, 0.15) is 12.1 Å². The van der Waals surface area contributed by atoms with E-state index in [1.807, 2.05) is 0 Å². The molecule has 0 saturated carbocycles.